The molecule has 3 aromatic carbocycles. The van der Waals surface area contributed by atoms with Crippen molar-refractivity contribution >= 4 is 11.8 Å². The average Bonchev–Trinajstić information content (AvgIpc) is 3.33. The number of likely N-dealkylation sites (tertiary alicyclic amines) is 1. The molecule has 0 aromatic heterocycles. The first kappa shape index (κ1) is 23.1. The van der Waals surface area contributed by atoms with Gasteiger partial charge < -0.3 is 9.47 Å². The summed E-state index contributed by atoms with van der Waals surface area (Å²) in [7, 11) is 1.76. The van der Waals surface area contributed by atoms with Crippen LogP contribution in [0.3, 0.4) is 0 Å². The fourth-order valence-corrected chi connectivity index (χ4v) is 4.78. The molecule has 0 aliphatic carbocycles. The number of amides is 2. The molecular formula is C28H28N2O5. The molecule has 0 unspecified atom stereocenters. The maximum Gasteiger partial charge on any atom is 0.261 e. The van der Waals surface area contributed by atoms with Crippen molar-refractivity contribution in [3.8, 4) is 11.5 Å². The van der Waals surface area contributed by atoms with Crippen LogP contribution in [0.2, 0.25) is 0 Å². The first-order valence-corrected chi connectivity index (χ1v) is 11.8. The molecule has 0 radical (unpaired) electrons. The van der Waals surface area contributed by atoms with E-state index in [1.165, 1.54) is 4.90 Å². The third-order valence-electron chi connectivity index (χ3n) is 6.43. The van der Waals surface area contributed by atoms with Gasteiger partial charge in [0.15, 0.2) is 17.6 Å². The molecule has 3 aromatic rings. The molecule has 7 nitrogen and oxygen atoms in total. The molecular weight excluding hydrogens is 444 g/mol. The van der Waals surface area contributed by atoms with Crippen molar-refractivity contribution < 1.29 is 23.9 Å². The standard InChI is InChI=1S/C28H28N2O5/c1-3-33-23-16-21(14-15-22(23)34-18-20-12-8-5-9-13-20)25-24-26(35-29(25)2)28(32)30(27(24)31)17-19-10-6-4-7-11-19/h4-16,24-26H,3,17-18H2,1-2H3/t24-,25+,26-/m1/s1. The summed E-state index contributed by atoms with van der Waals surface area (Å²) in [4.78, 5) is 33.7. The molecule has 3 atom stereocenters. The molecule has 2 fully saturated rings. The van der Waals surface area contributed by atoms with Gasteiger partial charge in [-0.2, -0.15) is 5.06 Å². The van der Waals surface area contributed by atoms with Gasteiger partial charge in [-0.15, -0.1) is 0 Å². The largest absolute Gasteiger partial charge is 0.490 e. The zero-order chi connectivity index (χ0) is 24.4. The lowest BCUT2D eigenvalue weighted by Crippen LogP contribution is -2.35. The van der Waals surface area contributed by atoms with Crippen LogP contribution in [0.4, 0.5) is 0 Å². The van der Waals surface area contributed by atoms with Gasteiger partial charge in [-0.05, 0) is 35.7 Å². The average molecular weight is 473 g/mol. The quantitative estimate of drug-likeness (QED) is 0.459. The van der Waals surface area contributed by atoms with Crippen LogP contribution in [0.15, 0.2) is 78.9 Å². The predicted molar refractivity (Wildman–Crippen MR) is 129 cm³/mol. The van der Waals surface area contributed by atoms with E-state index in [2.05, 4.69) is 0 Å². The van der Waals surface area contributed by atoms with Crippen molar-refractivity contribution in [2.45, 2.75) is 32.2 Å². The predicted octanol–water partition coefficient (Wildman–Crippen LogP) is 4.14. The summed E-state index contributed by atoms with van der Waals surface area (Å²) in [6, 6.07) is 24.6. The highest BCUT2D eigenvalue weighted by Gasteiger charge is 2.58. The van der Waals surface area contributed by atoms with Gasteiger partial charge in [-0.3, -0.25) is 19.3 Å². The number of nitrogens with zero attached hydrogens (tertiary/aromatic N) is 2. The Morgan fingerprint density at radius 2 is 1.51 bits per heavy atom. The zero-order valence-corrected chi connectivity index (χ0v) is 19.8. The number of ether oxygens (including phenoxy) is 2. The second-order valence-electron chi connectivity index (χ2n) is 8.70. The summed E-state index contributed by atoms with van der Waals surface area (Å²) < 4.78 is 11.9. The zero-order valence-electron chi connectivity index (χ0n) is 19.8. The molecule has 2 saturated heterocycles. The molecule has 0 bridgehead atoms. The molecule has 2 heterocycles. The van der Waals surface area contributed by atoms with Gasteiger partial charge in [0, 0.05) is 7.05 Å². The highest BCUT2D eigenvalue weighted by atomic mass is 16.7. The summed E-state index contributed by atoms with van der Waals surface area (Å²) in [5.41, 5.74) is 2.79. The third-order valence-corrected chi connectivity index (χ3v) is 6.43. The van der Waals surface area contributed by atoms with Crippen molar-refractivity contribution in [3.63, 3.8) is 0 Å². The maximum atomic E-state index is 13.4. The maximum absolute atomic E-state index is 13.4. The molecule has 2 aliphatic rings. The van der Waals surface area contributed by atoms with Crippen molar-refractivity contribution in [2.24, 2.45) is 5.92 Å². The summed E-state index contributed by atoms with van der Waals surface area (Å²) in [5.74, 6) is 0.0705. The van der Waals surface area contributed by atoms with E-state index < -0.39 is 18.1 Å². The van der Waals surface area contributed by atoms with Crippen LogP contribution in [0.5, 0.6) is 11.5 Å². The van der Waals surface area contributed by atoms with E-state index in [1.54, 1.807) is 12.1 Å². The van der Waals surface area contributed by atoms with Gasteiger partial charge in [0.1, 0.15) is 6.61 Å². The van der Waals surface area contributed by atoms with Gasteiger partial charge in [-0.1, -0.05) is 66.7 Å². The van der Waals surface area contributed by atoms with E-state index >= 15 is 0 Å². The summed E-state index contributed by atoms with van der Waals surface area (Å²) in [6.07, 6.45) is -0.828. The Bertz CT molecular complexity index is 1200. The van der Waals surface area contributed by atoms with E-state index in [1.807, 2.05) is 85.8 Å². The smallest absolute Gasteiger partial charge is 0.261 e. The number of fused-ring (bicyclic) bond motifs is 1. The molecule has 2 aliphatic heterocycles. The molecule has 0 spiro atoms. The molecule has 7 heteroatoms. The molecule has 2 amide bonds. The Hall–Kier alpha value is -3.68. The van der Waals surface area contributed by atoms with Gasteiger partial charge in [0.05, 0.1) is 25.1 Å². The van der Waals surface area contributed by atoms with Crippen molar-refractivity contribution in [2.75, 3.05) is 13.7 Å². The number of hydroxylamine groups is 2. The van der Waals surface area contributed by atoms with Crippen LogP contribution < -0.4 is 9.47 Å². The van der Waals surface area contributed by atoms with Gasteiger partial charge >= 0.3 is 0 Å². The third kappa shape index (κ3) is 4.52. The van der Waals surface area contributed by atoms with E-state index in [9.17, 15) is 9.59 Å². The van der Waals surface area contributed by atoms with Gasteiger partial charge in [0.25, 0.3) is 5.91 Å². The lowest BCUT2D eigenvalue weighted by atomic mass is 9.91. The Morgan fingerprint density at radius 3 is 2.20 bits per heavy atom. The number of benzene rings is 3. The fourth-order valence-electron chi connectivity index (χ4n) is 4.78. The number of rotatable bonds is 8. The topological polar surface area (TPSA) is 68.3 Å². The lowest BCUT2D eigenvalue weighted by molar-refractivity contribution is -0.170. The Kier molecular flexibility index (Phi) is 6.53. The Labute approximate surface area is 204 Å². The van der Waals surface area contributed by atoms with Gasteiger partial charge in [0.2, 0.25) is 5.91 Å². The second kappa shape index (κ2) is 9.90. The number of imide groups is 1. The normalized spacial score (nSPS) is 21.9. The van der Waals surface area contributed by atoms with E-state index in [0.29, 0.717) is 24.7 Å². The minimum atomic E-state index is -0.828. The highest BCUT2D eigenvalue weighted by molar-refractivity contribution is 6.07. The van der Waals surface area contributed by atoms with Gasteiger partial charge in [-0.25, -0.2) is 0 Å². The summed E-state index contributed by atoms with van der Waals surface area (Å²) in [6.45, 7) is 3.03. The molecule has 0 N–H and O–H groups in total. The minimum Gasteiger partial charge on any atom is -0.490 e. The Balaban J connectivity index is 1.39. The van der Waals surface area contributed by atoms with Crippen LogP contribution in [0.25, 0.3) is 0 Å². The summed E-state index contributed by atoms with van der Waals surface area (Å²) >= 11 is 0. The van der Waals surface area contributed by atoms with E-state index in [-0.39, 0.29) is 18.4 Å². The number of carbonyl (C=O) groups excluding carboxylic acids is 2. The second-order valence-corrected chi connectivity index (χ2v) is 8.70. The minimum absolute atomic E-state index is 0.222. The van der Waals surface area contributed by atoms with Crippen molar-refractivity contribution in [1.82, 2.24) is 9.96 Å². The first-order chi connectivity index (χ1) is 17.1. The monoisotopic (exact) mass is 472 g/mol. The van der Waals surface area contributed by atoms with Crippen LogP contribution in [0, 0.1) is 5.92 Å². The lowest BCUT2D eigenvalue weighted by Gasteiger charge is -2.25. The molecule has 5 rings (SSSR count). The van der Waals surface area contributed by atoms with E-state index in [0.717, 1.165) is 16.7 Å². The van der Waals surface area contributed by atoms with E-state index in [4.69, 9.17) is 14.3 Å². The van der Waals surface area contributed by atoms with Crippen LogP contribution in [-0.2, 0) is 27.6 Å². The van der Waals surface area contributed by atoms with Crippen molar-refractivity contribution in [3.05, 3.63) is 95.6 Å². The highest BCUT2D eigenvalue weighted by Crippen LogP contribution is 2.45. The molecule has 35 heavy (non-hydrogen) atoms. The molecule has 180 valence electrons. The van der Waals surface area contributed by atoms with Crippen LogP contribution in [-0.4, -0.2) is 41.5 Å². The SMILES string of the molecule is CCOc1cc([C@H]2[C@H]3C(=O)N(Cc4ccccc4)C(=O)[C@@H]3ON2C)ccc1OCc1ccccc1. The number of carbonyl (C=O) groups is 2. The Morgan fingerprint density at radius 1 is 0.829 bits per heavy atom. The van der Waals surface area contributed by atoms with Crippen molar-refractivity contribution in [1.29, 1.82) is 0 Å². The van der Waals surface area contributed by atoms with Crippen LogP contribution in [0.1, 0.15) is 29.7 Å². The summed E-state index contributed by atoms with van der Waals surface area (Å²) in [5, 5.41) is 1.61. The fraction of sp³-hybridized carbons (Fsp3) is 0.286. The number of hydrogen-bond acceptors (Lipinski definition) is 6. The first-order valence-electron chi connectivity index (χ1n) is 11.8. The number of hydrogen-bond donors (Lipinski definition) is 0. The van der Waals surface area contributed by atoms with Crippen LogP contribution >= 0.6 is 0 Å². The molecule has 0 saturated carbocycles.